The quantitative estimate of drug-likeness (QED) is 0.140. The van der Waals surface area contributed by atoms with Gasteiger partial charge < -0.3 is 0 Å². The number of thiophene rings is 6. The molecule has 6 aromatic rings. The molecule has 0 aliphatic rings. The van der Waals surface area contributed by atoms with E-state index in [2.05, 4.69) is 84.3 Å². The monoisotopic (exact) mass is 678 g/mol. The van der Waals surface area contributed by atoms with Crippen LogP contribution in [-0.4, -0.2) is 25.0 Å². The minimum absolute atomic E-state index is 1.36. The lowest BCUT2D eigenvalue weighted by molar-refractivity contribution is 1.52. The van der Waals surface area contributed by atoms with Gasteiger partial charge in [0, 0.05) is 48.8 Å². The van der Waals surface area contributed by atoms with E-state index in [1.165, 1.54) is 68.4 Å². The molecule has 10 heteroatoms. The van der Waals surface area contributed by atoms with Crippen LogP contribution in [0.2, 0.25) is 0 Å². The maximum atomic E-state index is 2.42. The van der Waals surface area contributed by atoms with Crippen molar-refractivity contribution in [1.29, 1.82) is 0 Å². The standard InChI is InChI=1S/C28H22S10/c1-29-21-11-17(15-7-5-9-33-15)35-25(21)27-23(31-3)13-19(37-27)20-14-24(32-4)28(38-20)26-22(30-2)12-18(36-26)16-8-6-10-34-16/h5-14H,1-4H3. The summed E-state index contributed by atoms with van der Waals surface area (Å²) >= 11 is 18.9. The number of rotatable bonds is 9. The highest BCUT2D eigenvalue weighted by molar-refractivity contribution is 7.99. The van der Waals surface area contributed by atoms with E-state index in [0.29, 0.717) is 0 Å². The van der Waals surface area contributed by atoms with Gasteiger partial charge in [0.25, 0.3) is 0 Å². The lowest BCUT2D eigenvalue weighted by atomic mass is 10.3. The van der Waals surface area contributed by atoms with Gasteiger partial charge in [0.2, 0.25) is 0 Å². The molecule has 0 spiro atoms. The Morgan fingerprint density at radius 1 is 0.421 bits per heavy atom. The Morgan fingerprint density at radius 3 is 0.947 bits per heavy atom. The zero-order chi connectivity index (χ0) is 26.2. The Kier molecular flexibility index (Phi) is 8.93. The number of hydrogen-bond donors (Lipinski definition) is 0. The van der Waals surface area contributed by atoms with Crippen molar-refractivity contribution in [3.63, 3.8) is 0 Å². The van der Waals surface area contributed by atoms with Gasteiger partial charge in [-0.1, -0.05) is 12.1 Å². The van der Waals surface area contributed by atoms with E-state index in [9.17, 15) is 0 Å². The maximum Gasteiger partial charge on any atom is 0.0596 e. The van der Waals surface area contributed by atoms with Crippen LogP contribution in [0.15, 0.2) is 78.9 Å². The van der Waals surface area contributed by atoms with Gasteiger partial charge in [-0.2, -0.15) is 0 Å². The molecule has 6 rings (SSSR count). The number of thioether (sulfide) groups is 4. The summed E-state index contributed by atoms with van der Waals surface area (Å²) in [6.07, 6.45) is 8.80. The Balaban J connectivity index is 1.42. The minimum Gasteiger partial charge on any atom is -0.143 e. The van der Waals surface area contributed by atoms with Gasteiger partial charge in [-0.3, -0.25) is 0 Å². The molecular weight excluding hydrogens is 657 g/mol. The molecule has 0 saturated heterocycles. The maximum absolute atomic E-state index is 2.42. The predicted molar refractivity (Wildman–Crippen MR) is 188 cm³/mol. The predicted octanol–water partition coefficient (Wildman–Crippen LogP) is 13.3. The molecule has 194 valence electrons. The van der Waals surface area contributed by atoms with Crippen LogP contribution in [-0.2, 0) is 0 Å². The summed E-state index contributed by atoms with van der Waals surface area (Å²) in [5, 5.41) is 4.34. The van der Waals surface area contributed by atoms with Crippen molar-refractivity contribution in [2.45, 2.75) is 19.6 Å². The van der Waals surface area contributed by atoms with Crippen LogP contribution in [0.1, 0.15) is 0 Å². The van der Waals surface area contributed by atoms with E-state index >= 15 is 0 Å². The first-order chi connectivity index (χ1) is 18.6. The van der Waals surface area contributed by atoms with Gasteiger partial charge in [0.15, 0.2) is 0 Å². The van der Waals surface area contributed by atoms with Gasteiger partial charge >= 0.3 is 0 Å². The Labute approximate surface area is 265 Å². The first-order valence-corrected chi connectivity index (χ1v) is 21.4. The van der Waals surface area contributed by atoms with E-state index in [4.69, 9.17) is 0 Å². The van der Waals surface area contributed by atoms with Crippen molar-refractivity contribution in [3.8, 4) is 48.8 Å². The summed E-state index contributed by atoms with van der Waals surface area (Å²) in [5.74, 6) is 0. The normalized spacial score (nSPS) is 11.6. The summed E-state index contributed by atoms with van der Waals surface area (Å²) in [6.45, 7) is 0. The molecule has 0 aliphatic heterocycles. The highest BCUT2D eigenvalue weighted by Gasteiger charge is 2.23. The lowest BCUT2D eigenvalue weighted by Gasteiger charge is -2.00. The van der Waals surface area contributed by atoms with Crippen LogP contribution < -0.4 is 0 Å². The molecular formula is C28H22S10. The summed E-state index contributed by atoms with van der Waals surface area (Å²) in [4.78, 5) is 19.3. The van der Waals surface area contributed by atoms with Crippen LogP contribution >= 0.6 is 115 Å². The smallest absolute Gasteiger partial charge is 0.0596 e. The molecule has 6 heterocycles. The second-order valence-electron chi connectivity index (χ2n) is 7.99. The van der Waals surface area contributed by atoms with E-state index in [-0.39, 0.29) is 0 Å². The highest BCUT2D eigenvalue weighted by Crippen LogP contribution is 2.54. The van der Waals surface area contributed by atoms with Gasteiger partial charge in [0.1, 0.15) is 0 Å². The molecule has 0 aliphatic carbocycles. The third kappa shape index (κ3) is 5.31. The first kappa shape index (κ1) is 27.8. The fourth-order valence-electron chi connectivity index (χ4n) is 4.06. The van der Waals surface area contributed by atoms with Gasteiger partial charge in [0.05, 0.1) is 19.5 Å². The molecule has 0 saturated carbocycles. The zero-order valence-corrected chi connectivity index (χ0v) is 29.0. The van der Waals surface area contributed by atoms with Crippen molar-refractivity contribution in [2.75, 3.05) is 25.0 Å². The molecule has 38 heavy (non-hydrogen) atoms. The molecule has 0 bridgehead atoms. The topological polar surface area (TPSA) is 0 Å². The minimum atomic E-state index is 1.36. The fourth-order valence-corrected chi connectivity index (χ4v) is 14.5. The summed E-state index contributed by atoms with van der Waals surface area (Å²) in [5.41, 5.74) is 0. The summed E-state index contributed by atoms with van der Waals surface area (Å²) in [7, 11) is 0. The zero-order valence-electron chi connectivity index (χ0n) is 20.9. The molecule has 0 unspecified atom stereocenters. The van der Waals surface area contributed by atoms with Crippen LogP contribution in [0, 0.1) is 0 Å². The van der Waals surface area contributed by atoms with Gasteiger partial charge in [-0.05, 0) is 72.2 Å². The van der Waals surface area contributed by atoms with Crippen LogP contribution in [0.25, 0.3) is 48.8 Å². The molecule has 6 aromatic heterocycles. The fraction of sp³-hybridized carbons (Fsp3) is 0.143. The van der Waals surface area contributed by atoms with Gasteiger partial charge in [-0.15, -0.1) is 115 Å². The highest BCUT2D eigenvalue weighted by atomic mass is 32.2. The molecule has 0 N–H and O–H groups in total. The molecule has 0 radical (unpaired) electrons. The second kappa shape index (κ2) is 12.2. The van der Waals surface area contributed by atoms with Crippen LogP contribution in [0.4, 0.5) is 0 Å². The third-order valence-corrected chi connectivity index (χ3v) is 16.6. The molecule has 0 aromatic carbocycles. The Hall–Kier alpha value is -0.400. The molecule has 0 fully saturated rings. The first-order valence-electron chi connectivity index (χ1n) is 11.4. The number of hydrogen-bond acceptors (Lipinski definition) is 10. The average Bonchev–Trinajstić information content (AvgIpc) is 3.78. The van der Waals surface area contributed by atoms with Crippen LogP contribution in [0.3, 0.4) is 0 Å². The van der Waals surface area contributed by atoms with Gasteiger partial charge in [-0.25, -0.2) is 0 Å². The summed E-state index contributed by atoms with van der Waals surface area (Å²) in [6, 6.07) is 18.3. The van der Waals surface area contributed by atoms with Crippen molar-refractivity contribution in [2.24, 2.45) is 0 Å². The van der Waals surface area contributed by atoms with E-state index in [1.54, 1.807) is 0 Å². The second-order valence-corrected chi connectivity index (χ2v) is 17.5. The Morgan fingerprint density at radius 2 is 0.711 bits per heavy atom. The van der Waals surface area contributed by atoms with Crippen molar-refractivity contribution >= 4 is 115 Å². The third-order valence-electron chi connectivity index (χ3n) is 5.86. The largest absolute Gasteiger partial charge is 0.143 e. The lowest BCUT2D eigenvalue weighted by Crippen LogP contribution is -1.71. The molecule has 0 atom stereocenters. The Bertz CT molecular complexity index is 1530. The summed E-state index contributed by atoms with van der Waals surface area (Å²) < 4.78 is 0. The average molecular weight is 679 g/mol. The van der Waals surface area contributed by atoms with E-state index < -0.39 is 0 Å². The molecule has 0 nitrogen and oxygen atoms in total. The molecule has 0 amide bonds. The van der Waals surface area contributed by atoms with Crippen molar-refractivity contribution in [3.05, 3.63) is 59.3 Å². The van der Waals surface area contributed by atoms with Crippen LogP contribution in [0.5, 0.6) is 0 Å². The van der Waals surface area contributed by atoms with E-state index in [0.717, 1.165) is 0 Å². The van der Waals surface area contributed by atoms with Crippen molar-refractivity contribution in [1.82, 2.24) is 0 Å². The SMILES string of the molecule is CSc1cc(-c2cccs2)sc1-c1sc(-c2cc(SC)c(-c3sc(-c4cccs4)cc3SC)s2)cc1SC. The van der Waals surface area contributed by atoms with Crippen molar-refractivity contribution < 1.29 is 0 Å². The van der Waals surface area contributed by atoms with E-state index in [1.807, 2.05) is 115 Å².